The van der Waals surface area contributed by atoms with E-state index in [0.717, 1.165) is 6.42 Å². The van der Waals surface area contributed by atoms with Crippen molar-refractivity contribution in [2.75, 3.05) is 13.1 Å². The summed E-state index contributed by atoms with van der Waals surface area (Å²) >= 11 is 0. The van der Waals surface area contributed by atoms with E-state index in [0.29, 0.717) is 29.4 Å². The standard InChI is InChI=1S/C14H23N3O2S/c1-10-13(11(2)16-15-10)20(18,19)17-8-6-12(7-9-17)14(3,4)5/h6H,7-9H2,1-5H3,(H,15,16). The summed E-state index contributed by atoms with van der Waals surface area (Å²) in [7, 11) is -3.45. The number of aromatic nitrogens is 2. The fourth-order valence-electron chi connectivity index (χ4n) is 2.60. The highest BCUT2D eigenvalue weighted by Crippen LogP contribution is 2.32. The molecule has 0 atom stereocenters. The van der Waals surface area contributed by atoms with Crippen molar-refractivity contribution in [1.82, 2.24) is 14.5 Å². The molecule has 1 aromatic rings. The Bertz CT molecular complexity index is 616. The van der Waals surface area contributed by atoms with Gasteiger partial charge in [0.15, 0.2) is 0 Å². The summed E-state index contributed by atoms with van der Waals surface area (Å²) in [5.74, 6) is 0. The Kier molecular flexibility index (Phi) is 3.81. The summed E-state index contributed by atoms with van der Waals surface area (Å²) in [4.78, 5) is 0.324. The van der Waals surface area contributed by atoms with Crippen LogP contribution in [0.4, 0.5) is 0 Å². The Morgan fingerprint density at radius 3 is 2.35 bits per heavy atom. The van der Waals surface area contributed by atoms with Crippen LogP contribution < -0.4 is 0 Å². The lowest BCUT2D eigenvalue weighted by atomic mass is 9.83. The smallest absolute Gasteiger partial charge is 0.247 e. The molecule has 0 saturated heterocycles. The predicted molar refractivity (Wildman–Crippen MR) is 79.0 cm³/mol. The van der Waals surface area contributed by atoms with Gasteiger partial charge in [-0.3, -0.25) is 5.10 Å². The Balaban J connectivity index is 2.29. The lowest BCUT2D eigenvalue weighted by Gasteiger charge is -2.31. The molecule has 0 bridgehead atoms. The average Bonchev–Trinajstić information content (AvgIpc) is 2.68. The van der Waals surface area contributed by atoms with Crippen molar-refractivity contribution in [2.45, 2.75) is 45.9 Å². The van der Waals surface area contributed by atoms with Crippen LogP contribution in [0.2, 0.25) is 0 Å². The van der Waals surface area contributed by atoms with Crippen molar-refractivity contribution in [1.29, 1.82) is 0 Å². The fourth-order valence-corrected chi connectivity index (χ4v) is 4.31. The summed E-state index contributed by atoms with van der Waals surface area (Å²) in [5.41, 5.74) is 2.57. The lowest BCUT2D eigenvalue weighted by molar-refractivity contribution is 0.389. The minimum absolute atomic E-state index is 0.108. The Morgan fingerprint density at radius 1 is 1.30 bits per heavy atom. The first-order chi connectivity index (χ1) is 9.14. The molecular weight excluding hydrogens is 274 g/mol. The zero-order valence-electron chi connectivity index (χ0n) is 12.8. The van der Waals surface area contributed by atoms with Gasteiger partial charge in [0.05, 0.1) is 11.4 Å². The van der Waals surface area contributed by atoms with E-state index in [1.165, 1.54) is 9.88 Å². The summed E-state index contributed by atoms with van der Waals surface area (Å²) in [5, 5.41) is 6.73. The van der Waals surface area contributed by atoms with Crippen molar-refractivity contribution in [3.8, 4) is 0 Å². The van der Waals surface area contributed by atoms with E-state index in [-0.39, 0.29) is 5.41 Å². The second kappa shape index (κ2) is 5.00. The minimum atomic E-state index is -3.45. The third kappa shape index (κ3) is 2.67. The maximum Gasteiger partial charge on any atom is 0.247 e. The first-order valence-electron chi connectivity index (χ1n) is 6.85. The summed E-state index contributed by atoms with van der Waals surface area (Å²) < 4.78 is 26.9. The minimum Gasteiger partial charge on any atom is -0.281 e. The molecule has 0 aliphatic carbocycles. The highest BCUT2D eigenvalue weighted by Gasteiger charge is 2.32. The van der Waals surface area contributed by atoms with E-state index in [2.05, 4.69) is 31.0 Å². The van der Waals surface area contributed by atoms with E-state index in [1.54, 1.807) is 13.8 Å². The SMILES string of the molecule is Cc1n[nH]c(C)c1S(=O)(=O)N1CC=C(C(C)(C)C)CC1. The second-order valence-corrected chi connectivity index (χ2v) is 8.23. The van der Waals surface area contributed by atoms with Crippen LogP contribution in [0.3, 0.4) is 0 Å². The highest BCUT2D eigenvalue weighted by molar-refractivity contribution is 7.89. The molecule has 20 heavy (non-hydrogen) atoms. The van der Waals surface area contributed by atoms with Crippen LogP contribution >= 0.6 is 0 Å². The normalized spacial score (nSPS) is 18.1. The van der Waals surface area contributed by atoms with Gasteiger partial charge in [0.2, 0.25) is 10.0 Å². The summed E-state index contributed by atoms with van der Waals surface area (Å²) in [6, 6.07) is 0. The van der Waals surface area contributed by atoms with Crippen molar-refractivity contribution < 1.29 is 8.42 Å². The molecule has 5 nitrogen and oxygen atoms in total. The molecule has 0 unspecified atom stereocenters. The van der Waals surface area contributed by atoms with Gasteiger partial charge in [0.25, 0.3) is 0 Å². The molecule has 0 amide bonds. The van der Waals surface area contributed by atoms with Crippen LogP contribution in [0, 0.1) is 19.3 Å². The molecule has 0 spiro atoms. The van der Waals surface area contributed by atoms with Gasteiger partial charge in [-0.15, -0.1) is 0 Å². The van der Waals surface area contributed by atoms with Crippen LogP contribution in [0.5, 0.6) is 0 Å². The Labute approximate surface area is 121 Å². The van der Waals surface area contributed by atoms with E-state index >= 15 is 0 Å². The monoisotopic (exact) mass is 297 g/mol. The third-order valence-corrected chi connectivity index (χ3v) is 5.92. The molecule has 6 heteroatoms. The highest BCUT2D eigenvalue weighted by atomic mass is 32.2. The van der Waals surface area contributed by atoms with Gasteiger partial charge in [-0.25, -0.2) is 8.42 Å². The number of rotatable bonds is 2. The number of nitrogens with one attached hydrogen (secondary N) is 1. The van der Waals surface area contributed by atoms with Crippen molar-refractivity contribution in [3.05, 3.63) is 23.0 Å². The first-order valence-corrected chi connectivity index (χ1v) is 8.29. The van der Waals surface area contributed by atoms with Gasteiger partial charge in [0, 0.05) is 13.1 Å². The molecule has 0 saturated carbocycles. The lowest BCUT2D eigenvalue weighted by Crippen LogP contribution is -2.36. The van der Waals surface area contributed by atoms with Crippen molar-refractivity contribution in [3.63, 3.8) is 0 Å². The quantitative estimate of drug-likeness (QED) is 0.852. The molecule has 0 aromatic carbocycles. The topological polar surface area (TPSA) is 66.1 Å². The van der Waals surface area contributed by atoms with Crippen LogP contribution in [-0.2, 0) is 10.0 Å². The van der Waals surface area contributed by atoms with Gasteiger partial charge in [0.1, 0.15) is 4.90 Å². The molecule has 1 aromatic heterocycles. The van der Waals surface area contributed by atoms with Crippen molar-refractivity contribution >= 4 is 10.0 Å². The maximum absolute atomic E-state index is 12.7. The third-order valence-electron chi connectivity index (χ3n) is 3.79. The van der Waals surface area contributed by atoms with Crippen LogP contribution in [0.1, 0.15) is 38.6 Å². The van der Waals surface area contributed by atoms with E-state index in [1.807, 2.05) is 6.08 Å². The largest absolute Gasteiger partial charge is 0.281 e. The maximum atomic E-state index is 12.7. The van der Waals surface area contributed by atoms with Gasteiger partial charge in [-0.05, 0) is 25.7 Å². The Morgan fingerprint density at radius 2 is 1.95 bits per heavy atom. The average molecular weight is 297 g/mol. The molecule has 1 aliphatic rings. The zero-order chi connectivity index (χ0) is 15.1. The number of hydrogen-bond donors (Lipinski definition) is 1. The van der Waals surface area contributed by atoms with E-state index in [9.17, 15) is 8.42 Å². The summed E-state index contributed by atoms with van der Waals surface area (Å²) in [6.07, 6.45) is 2.84. The van der Waals surface area contributed by atoms with Gasteiger partial charge in [-0.1, -0.05) is 32.4 Å². The van der Waals surface area contributed by atoms with Crippen LogP contribution in [-0.4, -0.2) is 36.0 Å². The Hall–Kier alpha value is -1.14. The van der Waals surface area contributed by atoms with E-state index < -0.39 is 10.0 Å². The molecule has 2 rings (SSSR count). The molecule has 112 valence electrons. The number of sulfonamides is 1. The predicted octanol–water partition coefficient (Wildman–Crippen LogP) is 2.39. The fraction of sp³-hybridized carbons (Fsp3) is 0.643. The number of hydrogen-bond acceptors (Lipinski definition) is 3. The second-order valence-electron chi connectivity index (χ2n) is 6.36. The van der Waals surface area contributed by atoms with Gasteiger partial charge >= 0.3 is 0 Å². The molecule has 0 fully saturated rings. The van der Waals surface area contributed by atoms with Gasteiger partial charge < -0.3 is 0 Å². The van der Waals surface area contributed by atoms with Crippen LogP contribution in [0.25, 0.3) is 0 Å². The molecular formula is C14H23N3O2S. The number of aromatic amines is 1. The first kappa shape index (κ1) is 15.3. The molecule has 0 radical (unpaired) electrons. The number of nitrogens with zero attached hydrogens (tertiary/aromatic N) is 2. The van der Waals surface area contributed by atoms with Crippen molar-refractivity contribution in [2.24, 2.45) is 5.41 Å². The molecule has 1 aliphatic heterocycles. The molecule has 2 heterocycles. The summed E-state index contributed by atoms with van der Waals surface area (Å²) in [6.45, 7) is 10.9. The molecule has 1 N–H and O–H groups in total. The number of H-pyrrole nitrogens is 1. The van der Waals surface area contributed by atoms with Crippen LogP contribution in [0.15, 0.2) is 16.5 Å². The van der Waals surface area contributed by atoms with Gasteiger partial charge in [-0.2, -0.15) is 9.40 Å². The number of aryl methyl sites for hydroxylation is 2. The van der Waals surface area contributed by atoms with E-state index in [4.69, 9.17) is 0 Å². The zero-order valence-corrected chi connectivity index (χ0v) is 13.6.